The second-order valence-electron chi connectivity index (χ2n) is 7.57. The lowest BCUT2D eigenvalue weighted by atomic mass is 10.2. The number of amides is 1. The zero-order valence-corrected chi connectivity index (χ0v) is 20.8. The molecule has 13 heteroatoms. The smallest absolute Gasteiger partial charge is 0.337 e. The first-order valence-corrected chi connectivity index (χ1v) is 11.0. The Morgan fingerprint density at radius 1 is 0.711 bits per heavy atom. The van der Waals surface area contributed by atoms with Crippen LogP contribution in [0.2, 0.25) is 0 Å². The maximum absolute atomic E-state index is 11.3. The Morgan fingerprint density at radius 2 is 1.13 bits per heavy atom. The number of carbonyl (C=O) groups is 2. The molecule has 0 unspecified atom stereocenters. The van der Waals surface area contributed by atoms with E-state index in [1.807, 2.05) is 5.43 Å². The number of hydrazine groups is 1. The largest absolute Gasteiger partial charge is 0.465 e. The average Bonchev–Trinajstić information content (AvgIpc) is 2.88. The molecule has 0 fully saturated rings. The maximum Gasteiger partial charge on any atom is 0.337 e. The molecule has 1 amide bonds. The number of hydrogen-bond donors (Lipinski definition) is 4. The van der Waals surface area contributed by atoms with Gasteiger partial charge in [0.05, 0.1) is 12.7 Å². The molecule has 0 radical (unpaired) electrons. The third kappa shape index (κ3) is 7.86. The zero-order valence-electron chi connectivity index (χ0n) is 20.8. The van der Waals surface area contributed by atoms with Gasteiger partial charge in [-0.2, -0.15) is 9.97 Å². The van der Waals surface area contributed by atoms with Gasteiger partial charge in [-0.3, -0.25) is 10.2 Å². The quantitative estimate of drug-likeness (QED) is 0.126. The second kappa shape index (κ2) is 12.6. The van der Waals surface area contributed by atoms with Crippen molar-refractivity contribution >= 4 is 23.5 Å². The lowest BCUT2D eigenvalue weighted by Crippen LogP contribution is -2.29. The maximum atomic E-state index is 11.3. The summed E-state index contributed by atoms with van der Waals surface area (Å²) in [5, 5.41) is 0. The molecule has 2 aromatic carbocycles. The summed E-state index contributed by atoms with van der Waals surface area (Å²) in [5.74, 6) is 7.79. The summed E-state index contributed by atoms with van der Waals surface area (Å²) in [4.78, 5) is 38.6. The van der Waals surface area contributed by atoms with Gasteiger partial charge in [-0.05, 0) is 62.4 Å². The van der Waals surface area contributed by atoms with Crippen LogP contribution in [-0.4, -0.2) is 38.9 Å². The molecule has 0 atom stereocenters. The number of nitrogen functional groups attached to an aromatic ring is 3. The predicted molar refractivity (Wildman–Crippen MR) is 138 cm³/mol. The molecule has 0 spiro atoms. The number of aryl methyl sites for hydroxylation is 2. The number of rotatable bonds is 6. The van der Waals surface area contributed by atoms with Gasteiger partial charge >= 0.3 is 5.97 Å². The van der Waals surface area contributed by atoms with Crippen molar-refractivity contribution < 1.29 is 23.8 Å². The molecular weight excluding hydrogens is 492 g/mol. The summed E-state index contributed by atoms with van der Waals surface area (Å²) >= 11 is 0. The van der Waals surface area contributed by atoms with Crippen molar-refractivity contribution in [2.45, 2.75) is 13.8 Å². The molecule has 4 aromatic rings. The molecule has 13 nitrogen and oxygen atoms in total. The number of nitrogens with zero attached hydrogens (tertiary/aromatic N) is 4. The van der Waals surface area contributed by atoms with E-state index in [0.717, 1.165) is 0 Å². The van der Waals surface area contributed by atoms with E-state index in [2.05, 4.69) is 24.7 Å². The third-order valence-corrected chi connectivity index (χ3v) is 4.64. The Bertz CT molecular complexity index is 1260. The van der Waals surface area contributed by atoms with Gasteiger partial charge in [0.1, 0.15) is 34.8 Å². The number of nitrogens with two attached hydrogens (primary N) is 3. The van der Waals surface area contributed by atoms with Crippen LogP contribution in [0.4, 0.5) is 11.6 Å². The van der Waals surface area contributed by atoms with Crippen LogP contribution in [0.15, 0.2) is 60.7 Å². The average molecular weight is 519 g/mol. The van der Waals surface area contributed by atoms with E-state index in [0.29, 0.717) is 57.7 Å². The highest BCUT2D eigenvalue weighted by Gasteiger charge is 2.07. The van der Waals surface area contributed by atoms with Crippen molar-refractivity contribution in [2.24, 2.45) is 5.84 Å². The number of nitrogens with one attached hydrogen (secondary N) is 1. The third-order valence-electron chi connectivity index (χ3n) is 4.64. The number of methoxy groups -OCH3 is 1. The van der Waals surface area contributed by atoms with Crippen LogP contribution in [0.1, 0.15) is 32.4 Å². The van der Waals surface area contributed by atoms with Crippen LogP contribution in [0.5, 0.6) is 23.3 Å². The summed E-state index contributed by atoms with van der Waals surface area (Å²) in [5.41, 5.74) is 14.1. The fraction of sp³-hybridized carbons (Fsp3) is 0.120. The van der Waals surface area contributed by atoms with E-state index in [1.165, 1.54) is 19.2 Å². The van der Waals surface area contributed by atoms with Gasteiger partial charge in [0.25, 0.3) is 5.91 Å². The zero-order chi connectivity index (χ0) is 27.7. The van der Waals surface area contributed by atoms with Crippen LogP contribution < -0.4 is 32.2 Å². The highest BCUT2D eigenvalue weighted by molar-refractivity contribution is 5.93. The van der Waals surface area contributed by atoms with Crippen molar-refractivity contribution in [3.8, 4) is 23.3 Å². The number of benzene rings is 2. The number of carbonyl (C=O) groups excluding carboxylic acids is 2. The van der Waals surface area contributed by atoms with Crippen LogP contribution in [0.25, 0.3) is 0 Å². The van der Waals surface area contributed by atoms with Crippen molar-refractivity contribution in [1.29, 1.82) is 0 Å². The molecule has 0 aliphatic heterocycles. The first-order chi connectivity index (χ1) is 18.2. The molecular formula is C25H26N8O5. The van der Waals surface area contributed by atoms with E-state index in [9.17, 15) is 9.59 Å². The minimum atomic E-state index is -0.395. The van der Waals surface area contributed by atoms with Gasteiger partial charge in [-0.1, -0.05) is 0 Å². The van der Waals surface area contributed by atoms with Crippen LogP contribution in [0, 0.1) is 13.8 Å². The molecule has 4 rings (SSSR count). The van der Waals surface area contributed by atoms with E-state index >= 15 is 0 Å². The Kier molecular flexibility index (Phi) is 9.05. The SMILES string of the molecule is COC(=O)c1ccc(Oc2cc(N)nc(C)n2)cc1.Cc1nc(N)cc(Oc2ccc(C(=O)NN)cc2)n1. The van der Waals surface area contributed by atoms with E-state index in [1.54, 1.807) is 62.4 Å². The summed E-state index contributed by atoms with van der Waals surface area (Å²) in [6.07, 6.45) is 0. The van der Waals surface area contributed by atoms with Gasteiger partial charge < -0.3 is 25.7 Å². The Labute approximate surface area is 218 Å². The Morgan fingerprint density at radius 3 is 1.50 bits per heavy atom. The number of ether oxygens (including phenoxy) is 3. The molecule has 0 aliphatic rings. The summed E-state index contributed by atoms with van der Waals surface area (Å²) in [6.45, 7) is 3.45. The summed E-state index contributed by atoms with van der Waals surface area (Å²) < 4.78 is 15.6. The fourth-order valence-corrected chi connectivity index (χ4v) is 3.01. The van der Waals surface area contributed by atoms with Crippen molar-refractivity contribution in [2.75, 3.05) is 18.6 Å². The minimum absolute atomic E-state index is 0.335. The Balaban J connectivity index is 0.000000211. The molecule has 0 saturated carbocycles. The fourth-order valence-electron chi connectivity index (χ4n) is 3.01. The normalized spacial score (nSPS) is 10.0. The molecule has 38 heavy (non-hydrogen) atoms. The molecule has 2 aromatic heterocycles. The van der Waals surface area contributed by atoms with Crippen LogP contribution in [0.3, 0.4) is 0 Å². The van der Waals surface area contributed by atoms with Crippen LogP contribution in [-0.2, 0) is 4.74 Å². The summed E-state index contributed by atoms with van der Waals surface area (Å²) in [6, 6.07) is 16.0. The molecule has 2 heterocycles. The first kappa shape index (κ1) is 27.3. The Hall–Kier alpha value is -5.30. The van der Waals surface area contributed by atoms with Gasteiger partial charge in [-0.15, -0.1) is 0 Å². The lowest BCUT2D eigenvalue weighted by molar-refractivity contribution is 0.0600. The number of hydrogen-bond acceptors (Lipinski definition) is 12. The van der Waals surface area contributed by atoms with E-state index < -0.39 is 5.97 Å². The second-order valence-corrected chi connectivity index (χ2v) is 7.57. The van der Waals surface area contributed by atoms with E-state index in [-0.39, 0.29) is 5.91 Å². The van der Waals surface area contributed by atoms with Gasteiger partial charge in [0.2, 0.25) is 11.8 Å². The molecule has 196 valence electrons. The monoisotopic (exact) mass is 518 g/mol. The van der Waals surface area contributed by atoms with Gasteiger partial charge in [0.15, 0.2) is 0 Å². The minimum Gasteiger partial charge on any atom is -0.465 e. The first-order valence-electron chi connectivity index (χ1n) is 11.0. The molecule has 0 aliphatic carbocycles. The highest BCUT2D eigenvalue weighted by Crippen LogP contribution is 2.22. The van der Waals surface area contributed by atoms with Crippen molar-refractivity contribution in [3.05, 3.63) is 83.4 Å². The van der Waals surface area contributed by atoms with Gasteiger partial charge in [-0.25, -0.2) is 20.6 Å². The number of aromatic nitrogens is 4. The highest BCUT2D eigenvalue weighted by atomic mass is 16.5. The molecule has 0 bridgehead atoms. The van der Waals surface area contributed by atoms with E-state index in [4.69, 9.17) is 26.8 Å². The number of esters is 1. The standard InChI is InChI=1S/C13H13N3O3.C12H13N5O2/c1-8-15-11(14)7-12(16-8)19-10-5-3-9(4-6-10)13(17)18-2;1-7-15-10(13)6-11(16-7)19-9-4-2-8(3-5-9)12(18)17-14/h3-7H,1-2H3,(H2,14,15,16);2-6H,14H2,1H3,(H,17,18)(H2,13,15,16). The number of anilines is 2. The predicted octanol–water partition coefficient (Wildman–Crippen LogP) is 2.71. The van der Waals surface area contributed by atoms with Crippen LogP contribution >= 0.6 is 0 Å². The topological polar surface area (TPSA) is 203 Å². The van der Waals surface area contributed by atoms with Crippen molar-refractivity contribution in [3.63, 3.8) is 0 Å². The van der Waals surface area contributed by atoms with Gasteiger partial charge in [0, 0.05) is 17.7 Å². The molecule has 7 N–H and O–H groups in total. The summed E-state index contributed by atoms with van der Waals surface area (Å²) in [7, 11) is 1.33. The van der Waals surface area contributed by atoms with Crippen molar-refractivity contribution in [1.82, 2.24) is 25.4 Å². The molecule has 0 saturated heterocycles. The lowest BCUT2D eigenvalue weighted by Gasteiger charge is -2.06.